The molecular formula is C19H21N3O. The maximum absolute atomic E-state index is 5.47. The molecule has 118 valence electrons. The third kappa shape index (κ3) is 3.59. The van der Waals surface area contributed by atoms with Crippen LogP contribution in [0.15, 0.2) is 54.7 Å². The fraction of sp³-hybridized carbons (Fsp3) is 0.263. The lowest BCUT2D eigenvalue weighted by Gasteiger charge is -2.09. The molecule has 0 aliphatic heterocycles. The minimum absolute atomic E-state index is 0.844. The average Bonchev–Trinajstić information content (AvgIpc) is 3.09. The van der Waals surface area contributed by atoms with Crippen LogP contribution in [-0.4, -0.2) is 22.1 Å². The topological polar surface area (TPSA) is 39.9 Å². The molecule has 0 saturated carbocycles. The Balaban J connectivity index is 1.73. The Hall–Kier alpha value is -2.62. The molecule has 1 heterocycles. The summed E-state index contributed by atoms with van der Waals surface area (Å²) in [6.07, 6.45) is 4.76. The summed E-state index contributed by atoms with van der Waals surface area (Å²) < 4.78 is 7.28. The molecule has 4 heteroatoms. The SMILES string of the molecule is CCc1ccc(OC)c(CCc2cn(-c3ccccc3)nn2)c1. The van der Waals surface area contributed by atoms with Gasteiger partial charge < -0.3 is 4.74 Å². The lowest BCUT2D eigenvalue weighted by Crippen LogP contribution is -1.97. The van der Waals surface area contributed by atoms with Crippen LogP contribution in [0.2, 0.25) is 0 Å². The summed E-state index contributed by atoms with van der Waals surface area (Å²) in [7, 11) is 1.72. The minimum atomic E-state index is 0.844. The molecule has 0 saturated heterocycles. The predicted molar refractivity (Wildman–Crippen MR) is 91.1 cm³/mol. The molecule has 0 unspecified atom stereocenters. The zero-order valence-electron chi connectivity index (χ0n) is 13.6. The van der Waals surface area contributed by atoms with Crippen molar-refractivity contribution in [3.8, 4) is 11.4 Å². The van der Waals surface area contributed by atoms with Crippen molar-refractivity contribution in [1.82, 2.24) is 15.0 Å². The van der Waals surface area contributed by atoms with Crippen LogP contribution in [0, 0.1) is 0 Å². The molecule has 0 radical (unpaired) electrons. The molecule has 23 heavy (non-hydrogen) atoms. The monoisotopic (exact) mass is 307 g/mol. The fourth-order valence-corrected chi connectivity index (χ4v) is 2.63. The van der Waals surface area contributed by atoms with Crippen LogP contribution in [0.4, 0.5) is 0 Å². The van der Waals surface area contributed by atoms with Gasteiger partial charge in [-0.3, -0.25) is 0 Å². The largest absolute Gasteiger partial charge is 0.496 e. The highest BCUT2D eigenvalue weighted by molar-refractivity contribution is 5.38. The first-order valence-electron chi connectivity index (χ1n) is 7.92. The van der Waals surface area contributed by atoms with Crippen LogP contribution in [0.1, 0.15) is 23.7 Å². The average molecular weight is 307 g/mol. The van der Waals surface area contributed by atoms with Gasteiger partial charge >= 0.3 is 0 Å². The van der Waals surface area contributed by atoms with Gasteiger partial charge in [-0.25, -0.2) is 4.68 Å². The van der Waals surface area contributed by atoms with Gasteiger partial charge in [0.05, 0.1) is 24.7 Å². The van der Waals surface area contributed by atoms with Gasteiger partial charge in [-0.2, -0.15) is 0 Å². The molecular weight excluding hydrogens is 286 g/mol. The van der Waals surface area contributed by atoms with Crippen molar-refractivity contribution in [1.29, 1.82) is 0 Å². The number of hydrogen-bond donors (Lipinski definition) is 0. The third-order valence-corrected chi connectivity index (χ3v) is 3.97. The Bertz CT molecular complexity index is 765. The number of aromatic nitrogens is 3. The van der Waals surface area contributed by atoms with E-state index in [0.717, 1.165) is 36.4 Å². The summed E-state index contributed by atoms with van der Waals surface area (Å²) >= 11 is 0. The Morgan fingerprint density at radius 2 is 1.87 bits per heavy atom. The molecule has 0 fully saturated rings. The van der Waals surface area contributed by atoms with Gasteiger partial charge in [0.1, 0.15) is 5.75 Å². The van der Waals surface area contributed by atoms with Crippen molar-refractivity contribution in [2.75, 3.05) is 7.11 Å². The van der Waals surface area contributed by atoms with Crippen LogP contribution >= 0.6 is 0 Å². The number of hydrogen-bond acceptors (Lipinski definition) is 3. The number of aryl methyl sites for hydroxylation is 3. The molecule has 3 aromatic rings. The first-order chi connectivity index (χ1) is 11.3. The standard InChI is InChI=1S/C19H21N3O/c1-3-15-9-12-19(23-2)16(13-15)10-11-17-14-22(21-20-17)18-7-5-4-6-8-18/h4-9,12-14H,3,10-11H2,1-2H3. The smallest absolute Gasteiger partial charge is 0.122 e. The molecule has 0 N–H and O–H groups in total. The van der Waals surface area contributed by atoms with Crippen molar-refractivity contribution in [2.24, 2.45) is 0 Å². The van der Waals surface area contributed by atoms with Crippen LogP contribution in [0.3, 0.4) is 0 Å². The lowest BCUT2D eigenvalue weighted by molar-refractivity contribution is 0.409. The number of methoxy groups -OCH3 is 1. The number of para-hydroxylation sites is 1. The first kappa shape index (κ1) is 15.3. The second-order valence-electron chi connectivity index (χ2n) is 5.49. The highest BCUT2D eigenvalue weighted by atomic mass is 16.5. The third-order valence-electron chi connectivity index (χ3n) is 3.97. The first-order valence-corrected chi connectivity index (χ1v) is 7.92. The number of nitrogens with zero attached hydrogens (tertiary/aromatic N) is 3. The normalized spacial score (nSPS) is 10.7. The molecule has 0 amide bonds. The van der Waals surface area contributed by atoms with Crippen LogP contribution in [-0.2, 0) is 19.3 Å². The molecule has 0 atom stereocenters. The summed E-state index contributed by atoms with van der Waals surface area (Å²) in [6.45, 7) is 2.16. The van der Waals surface area contributed by atoms with Crippen molar-refractivity contribution >= 4 is 0 Å². The van der Waals surface area contributed by atoms with Crippen molar-refractivity contribution < 1.29 is 4.74 Å². The summed E-state index contributed by atoms with van der Waals surface area (Å²) in [5.41, 5.74) is 4.56. The molecule has 0 spiro atoms. The van der Waals surface area contributed by atoms with E-state index in [1.807, 2.05) is 41.2 Å². The molecule has 0 aliphatic rings. The summed E-state index contributed by atoms with van der Waals surface area (Å²) in [6, 6.07) is 16.4. The quantitative estimate of drug-likeness (QED) is 0.698. The summed E-state index contributed by atoms with van der Waals surface area (Å²) in [4.78, 5) is 0. The van der Waals surface area contributed by atoms with Crippen molar-refractivity contribution in [2.45, 2.75) is 26.2 Å². The van der Waals surface area contributed by atoms with Gasteiger partial charge in [0.15, 0.2) is 0 Å². The highest BCUT2D eigenvalue weighted by Gasteiger charge is 2.07. The van der Waals surface area contributed by atoms with Gasteiger partial charge in [-0.15, -0.1) is 5.10 Å². The second-order valence-corrected chi connectivity index (χ2v) is 5.49. The lowest BCUT2D eigenvalue weighted by atomic mass is 10.0. The number of rotatable bonds is 6. The van der Waals surface area contributed by atoms with E-state index in [4.69, 9.17) is 4.74 Å². The van der Waals surface area contributed by atoms with Crippen molar-refractivity contribution in [3.63, 3.8) is 0 Å². The van der Waals surface area contributed by atoms with Crippen LogP contribution in [0.25, 0.3) is 5.69 Å². The Kier molecular flexibility index (Phi) is 4.71. The molecule has 3 rings (SSSR count). The Morgan fingerprint density at radius 1 is 1.04 bits per heavy atom. The molecule has 0 aliphatic carbocycles. The molecule has 1 aromatic heterocycles. The molecule has 0 bridgehead atoms. The highest BCUT2D eigenvalue weighted by Crippen LogP contribution is 2.22. The number of benzene rings is 2. The van der Waals surface area contributed by atoms with Gasteiger partial charge in [-0.05, 0) is 48.6 Å². The summed E-state index contributed by atoms with van der Waals surface area (Å²) in [5.74, 6) is 0.942. The maximum Gasteiger partial charge on any atom is 0.122 e. The minimum Gasteiger partial charge on any atom is -0.496 e. The van der Waals surface area contributed by atoms with E-state index >= 15 is 0 Å². The van der Waals surface area contributed by atoms with E-state index < -0.39 is 0 Å². The zero-order valence-corrected chi connectivity index (χ0v) is 13.6. The van der Waals surface area contributed by atoms with E-state index in [2.05, 4.69) is 35.4 Å². The van der Waals surface area contributed by atoms with E-state index in [-0.39, 0.29) is 0 Å². The van der Waals surface area contributed by atoms with Crippen molar-refractivity contribution in [3.05, 3.63) is 71.5 Å². The van der Waals surface area contributed by atoms with Gasteiger partial charge in [0, 0.05) is 0 Å². The van der Waals surface area contributed by atoms with E-state index in [0.29, 0.717) is 0 Å². The molecule has 2 aromatic carbocycles. The van der Waals surface area contributed by atoms with Gasteiger partial charge in [-0.1, -0.05) is 42.5 Å². The Labute approximate surface area is 136 Å². The molecule has 4 nitrogen and oxygen atoms in total. The van der Waals surface area contributed by atoms with Gasteiger partial charge in [0.25, 0.3) is 0 Å². The van der Waals surface area contributed by atoms with E-state index in [1.54, 1.807) is 7.11 Å². The van der Waals surface area contributed by atoms with Crippen LogP contribution in [0.5, 0.6) is 5.75 Å². The van der Waals surface area contributed by atoms with E-state index in [9.17, 15) is 0 Å². The predicted octanol–water partition coefficient (Wildman–Crippen LogP) is 3.62. The second kappa shape index (κ2) is 7.09. The maximum atomic E-state index is 5.47. The Morgan fingerprint density at radius 3 is 2.61 bits per heavy atom. The zero-order chi connectivity index (χ0) is 16.1. The van der Waals surface area contributed by atoms with Crippen LogP contribution < -0.4 is 4.74 Å². The fourth-order valence-electron chi connectivity index (χ4n) is 2.63. The number of ether oxygens (including phenoxy) is 1. The van der Waals surface area contributed by atoms with Gasteiger partial charge in [0.2, 0.25) is 0 Å². The van der Waals surface area contributed by atoms with E-state index in [1.165, 1.54) is 11.1 Å². The summed E-state index contributed by atoms with van der Waals surface area (Å²) in [5, 5.41) is 8.49.